The van der Waals surface area contributed by atoms with E-state index in [4.69, 9.17) is 4.74 Å². The number of rotatable bonds is 9. The first-order chi connectivity index (χ1) is 17.4. The Bertz CT molecular complexity index is 1090. The number of carbonyl (C=O) groups is 1. The smallest absolute Gasteiger partial charge is 0.326 e. The molecule has 0 spiro atoms. The van der Waals surface area contributed by atoms with Crippen LogP contribution in [0, 0.1) is 21.7 Å². The van der Waals surface area contributed by atoms with Gasteiger partial charge in [-0.15, -0.1) is 0 Å². The minimum absolute atomic E-state index is 0.0532. The van der Waals surface area contributed by atoms with E-state index in [2.05, 4.69) is 10.6 Å². The number of carboxylic acids is 1. The predicted octanol–water partition coefficient (Wildman–Crippen LogP) is 4.56. The molecule has 11 heteroatoms. The maximum absolute atomic E-state index is 15.9. The van der Waals surface area contributed by atoms with E-state index in [0.29, 0.717) is 18.4 Å². The molecule has 1 heterocycles. The molecular formula is C25H30F2N4O5. The number of hydrogen-bond donors (Lipinski definition) is 3. The van der Waals surface area contributed by atoms with Crippen LogP contribution in [0.3, 0.4) is 0 Å². The molecule has 0 bridgehead atoms. The molecule has 0 amide bonds. The molecule has 1 saturated heterocycles. The highest BCUT2D eigenvalue weighted by Crippen LogP contribution is 2.45. The second kappa shape index (κ2) is 11.5. The van der Waals surface area contributed by atoms with Gasteiger partial charge in [-0.05, 0) is 18.4 Å². The largest absolute Gasteiger partial charge is 0.480 e. The van der Waals surface area contributed by atoms with E-state index in [1.54, 1.807) is 30.3 Å². The number of hydrogen-bond acceptors (Lipinski definition) is 7. The number of aliphatic carboxylic acids is 1. The molecule has 194 valence electrons. The van der Waals surface area contributed by atoms with Crippen LogP contribution in [0.4, 0.5) is 31.5 Å². The van der Waals surface area contributed by atoms with Gasteiger partial charge < -0.3 is 25.4 Å². The first-order valence-electron chi connectivity index (χ1n) is 12.2. The quantitative estimate of drug-likeness (QED) is 0.336. The summed E-state index contributed by atoms with van der Waals surface area (Å²) in [5, 5.41) is 27.6. The standard InChI is InChI=1S/C25H30F2N4O5/c26-19-21(28-17-9-5-2-6-10-17)24(31(34)35)22(20(27)23(19)30-11-13-36-14-12-30)29-18(25(32)33)15-16-7-3-1-4-8-16/h1,3-4,7-8,17-18,28-29H,2,5-6,9-15H2,(H,32,33)/t18-/m0/s1. The number of nitro benzene ring substituents is 1. The zero-order valence-electron chi connectivity index (χ0n) is 19.8. The van der Waals surface area contributed by atoms with Crippen molar-refractivity contribution in [1.29, 1.82) is 0 Å². The summed E-state index contributed by atoms with van der Waals surface area (Å²) < 4.78 is 37.1. The van der Waals surface area contributed by atoms with Gasteiger partial charge in [0.25, 0.3) is 0 Å². The first-order valence-corrected chi connectivity index (χ1v) is 12.2. The monoisotopic (exact) mass is 504 g/mol. The molecule has 1 saturated carbocycles. The molecule has 1 aliphatic carbocycles. The van der Waals surface area contributed by atoms with E-state index in [1.165, 1.54) is 4.90 Å². The van der Waals surface area contributed by atoms with Gasteiger partial charge in [-0.25, -0.2) is 13.6 Å². The number of ether oxygens (including phenoxy) is 1. The van der Waals surface area contributed by atoms with E-state index in [0.717, 1.165) is 19.3 Å². The van der Waals surface area contributed by atoms with Crippen molar-refractivity contribution >= 4 is 28.7 Å². The Labute approximate surface area is 207 Å². The molecule has 0 radical (unpaired) electrons. The van der Waals surface area contributed by atoms with E-state index < -0.39 is 51.3 Å². The maximum Gasteiger partial charge on any atom is 0.326 e. The van der Waals surface area contributed by atoms with Crippen LogP contribution < -0.4 is 15.5 Å². The number of halogens is 2. The summed E-state index contributed by atoms with van der Waals surface area (Å²) in [5.41, 5.74) is -1.65. The number of nitro groups is 1. The summed E-state index contributed by atoms with van der Waals surface area (Å²) in [7, 11) is 0. The average molecular weight is 505 g/mol. The summed E-state index contributed by atoms with van der Waals surface area (Å²) >= 11 is 0. The van der Waals surface area contributed by atoms with Crippen LogP contribution in [-0.2, 0) is 16.0 Å². The highest BCUT2D eigenvalue weighted by atomic mass is 19.1. The number of benzene rings is 2. The lowest BCUT2D eigenvalue weighted by Gasteiger charge is -2.32. The van der Waals surface area contributed by atoms with Crippen LogP contribution in [-0.4, -0.2) is 54.4 Å². The Morgan fingerprint density at radius 2 is 1.75 bits per heavy atom. The number of carboxylic acid groups (broad SMARTS) is 1. The third-order valence-corrected chi connectivity index (χ3v) is 6.69. The third-order valence-electron chi connectivity index (χ3n) is 6.69. The Morgan fingerprint density at radius 3 is 2.36 bits per heavy atom. The number of morpholine rings is 1. The number of nitrogens with zero attached hydrogens (tertiary/aromatic N) is 2. The summed E-state index contributed by atoms with van der Waals surface area (Å²) in [6.07, 6.45) is 4.17. The van der Waals surface area contributed by atoms with Gasteiger partial charge in [0.2, 0.25) is 0 Å². The number of nitrogens with one attached hydrogen (secondary N) is 2. The predicted molar refractivity (Wildman–Crippen MR) is 132 cm³/mol. The van der Waals surface area contributed by atoms with Gasteiger partial charge in [-0.2, -0.15) is 0 Å². The molecule has 2 aliphatic rings. The highest BCUT2D eigenvalue weighted by molar-refractivity contribution is 5.87. The lowest BCUT2D eigenvalue weighted by molar-refractivity contribution is -0.383. The maximum atomic E-state index is 15.9. The second-order valence-electron chi connectivity index (χ2n) is 9.14. The third kappa shape index (κ3) is 5.67. The molecule has 1 aliphatic heterocycles. The molecule has 36 heavy (non-hydrogen) atoms. The van der Waals surface area contributed by atoms with Gasteiger partial charge in [0, 0.05) is 25.6 Å². The zero-order chi connectivity index (χ0) is 25.7. The van der Waals surface area contributed by atoms with Crippen molar-refractivity contribution in [1.82, 2.24) is 0 Å². The van der Waals surface area contributed by atoms with Crippen LogP contribution >= 0.6 is 0 Å². The fourth-order valence-electron chi connectivity index (χ4n) is 4.85. The molecule has 1 atom stereocenters. The zero-order valence-corrected chi connectivity index (χ0v) is 19.8. The molecular weight excluding hydrogens is 474 g/mol. The van der Waals surface area contributed by atoms with Crippen molar-refractivity contribution in [2.45, 2.75) is 50.6 Å². The fraction of sp³-hybridized carbons (Fsp3) is 0.480. The van der Waals surface area contributed by atoms with Gasteiger partial charge in [0.1, 0.15) is 11.7 Å². The minimum atomic E-state index is -1.38. The molecule has 2 aromatic carbocycles. The van der Waals surface area contributed by atoms with Gasteiger partial charge in [0.15, 0.2) is 23.0 Å². The summed E-state index contributed by atoms with van der Waals surface area (Å²) in [6, 6.07) is 7.07. The van der Waals surface area contributed by atoms with Gasteiger partial charge in [-0.1, -0.05) is 49.6 Å². The van der Waals surface area contributed by atoms with Crippen LogP contribution in [0.15, 0.2) is 30.3 Å². The van der Waals surface area contributed by atoms with E-state index in [1.807, 2.05) is 0 Å². The minimum Gasteiger partial charge on any atom is -0.480 e. The van der Waals surface area contributed by atoms with Crippen LogP contribution in [0.1, 0.15) is 37.7 Å². The molecule has 4 rings (SSSR count). The number of anilines is 3. The summed E-state index contributed by atoms with van der Waals surface area (Å²) in [5.74, 6) is -3.55. The van der Waals surface area contributed by atoms with Crippen molar-refractivity contribution < 1.29 is 28.3 Å². The highest BCUT2D eigenvalue weighted by Gasteiger charge is 2.37. The van der Waals surface area contributed by atoms with Crippen LogP contribution in [0.25, 0.3) is 0 Å². The van der Waals surface area contributed by atoms with Crippen LogP contribution in [0.5, 0.6) is 0 Å². The van der Waals surface area contributed by atoms with E-state index in [9.17, 15) is 20.0 Å². The molecule has 0 aromatic heterocycles. The van der Waals surface area contributed by atoms with Gasteiger partial charge in [-0.3, -0.25) is 10.1 Å². The lowest BCUT2D eigenvalue weighted by atomic mass is 9.95. The molecule has 2 aromatic rings. The normalized spacial score (nSPS) is 17.4. The van der Waals surface area contributed by atoms with Crippen molar-refractivity contribution in [3.63, 3.8) is 0 Å². The molecule has 9 nitrogen and oxygen atoms in total. The Balaban J connectivity index is 1.82. The Morgan fingerprint density at radius 1 is 1.11 bits per heavy atom. The van der Waals surface area contributed by atoms with Crippen LogP contribution in [0.2, 0.25) is 0 Å². The SMILES string of the molecule is O=C(O)[C@H](Cc1ccccc1)Nc1c(F)c(N2CCOCC2)c(F)c(NC2CCCCC2)c1[N+](=O)[O-]. The van der Waals surface area contributed by atoms with Crippen molar-refractivity contribution in [3.05, 3.63) is 57.6 Å². The second-order valence-corrected chi connectivity index (χ2v) is 9.14. The first kappa shape index (κ1) is 25.6. The van der Waals surface area contributed by atoms with E-state index in [-0.39, 0.29) is 38.8 Å². The summed E-state index contributed by atoms with van der Waals surface area (Å²) in [4.78, 5) is 24.9. The summed E-state index contributed by atoms with van der Waals surface area (Å²) in [6.45, 7) is 0.881. The van der Waals surface area contributed by atoms with Gasteiger partial charge in [0.05, 0.1) is 18.1 Å². The van der Waals surface area contributed by atoms with Gasteiger partial charge >= 0.3 is 11.7 Å². The average Bonchev–Trinajstić information content (AvgIpc) is 2.88. The van der Waals surface area contributed by atoms with Crippen molar-refractivity contribution in [2.24, 2.45) is 0 Å². The molecule has 2 fully saturated rings. The molecule has 0 unspecified atom stereocenters. The lowest BCUT2D eigenvalue weighted by Crippen LogP contribution is -2.38. The Kier molecular flexibility index (Phi) is 8.19. The van der Waals surface area contributed by atoms with Crippen molar-refractivity contribution in [2.75, 3.05) is 41.8 Å². The Hall–Kier alpha value is -3.47. The van der Waals surface area contributed by atoms with E-state index >= 15 is 8.78 Å². The van der Waals surface area contributed by atoms with Crippen molar-refractivity contribution in [3.8, 4) is 0 Å². The fourth-order valence-corrected chi connectivity index (χ4v) is 4.85. The molecule has 3 N–H and O–H groups in total. The topological polar surface area (TPSA) is 117 Å².